The third kappa shape index (κ3) is 2.10. The van der Waals surface area contributed by atoms with E-state index in [0.29, 0.717) is 5.69 Å². The summed E-state index contributed by atoms with van der Waals surface area (Å²) < 4.78 is 1.89. The monoisotopic (exact) mass is 255 g/mol. The molecule has 1 aliphatic heterocycles. The van der Waals surface area contributed by atoms with E-state index >= 15 is 0 Å². The minimum Gasteiger partial charge on any atom is -0.384 e. The maximum Gasteiger partial charge on any atom is 0.272 e. The van der Waals surface area contributed by atoms with Gasteiger partial charge in [-0.05, 0) is 49.2 Å². The maximum absolute atomic E-state index is 12.2. The minimum absolute atomic E-state index is 0.0680. The number of nitrogens with zero attached hydrogens (tertiary/aromatic N) is 1. The molecule has 0 spiro atoms. The van der Waals surface area contributed by atoms with Crippen molar-refractivity contribution < 1.29 is 4.79 Å². The van der Waals surface area contributed by atoms with Crippen LogP contribution in [0.4, 0.5) is 11.4 Å². The fourth-order valence-corrected chi connectivity index (χ4v) is 2.42. The summed E-state index contributed by atoms with van der Waals surface area (Å²) in [6, 6.07) is 9.79. The number of hydrogen-bond donors (Lipinski definition) is 2. The van der Waals surface area contributed by atoms with Crippen molar-refractivity contribution in [3.05, 3.63) is 47.3 Å². The van der Waals surface area contributed by atoms with E-state index in [1.165, 1.54) is 11.3 Å². The third-order valence-corrected chi connectivity index (χ3v) is 3.68. The van der Waals surface area contributed by atoms with Crippen molar-refractivity contribution in [1.82, 2.24) is 4.57 Å². The zero-order valence-corrected chi connectivity index (χ0v) is 11.2. The Morgan fingerprint density at radius 3 is 2.89 bits per heavy atom. The number of benzene rings is 1. The lowest BCUT2D eigenvalue weighted by Crippen LogP contribution is -2.16. The number of anilines is 2. The molecule has 1 amide bonds. The van der Waals surface area contributed by atoms with E-state index in [-0.39, 0.29) is 5.91 Å². The third-order valence-electron chi connectivity index (χ3n) is 3.68. The van der Waals surface area contributed by atoms with Gasteiger partial charge in [0.15, 0.2) is 0 Å². The molecule has 0 saturated heterocycles. The van der Waals surface area contributed by atoms with Gasteiger partial charge in [0.1, 0.15) is 5.69 Å². The molecule has 2 aromatic rings. The summed E-state index contributed by atoms with van der Waals surface area (Å²) in [6.07, 6.45) is 1.02. The number of fused-ring (bicyclic) bond motifs is 1. The van der Waals surface area contributed by atoms with E-state index in [0.717, 1.165) is 24.3 Å². The molecule has 19 heavy (non-hydrogen) atoms. The van der Waals surface area contributed by atoms with Crippen molar-refractivity contribution in [3.63, 3.8) is 0 Å². The van der Waals surface area contributed by atoms with Gasteiger partial charge in [0.25, 0.3) is 5.91 Å². The second kappa shape index (κ2) is 4.46. The number of carbonyl (C=O) groups is 1. The predicted molar refractivity (Wildman–Crippen MR) is 76.7 cm³/mol. The van der Waals surface area contributed by atoms with Crippen LogP contribution in [0.15, 0.2) is 30.3 Å². The average Bonchev–Trinajstić information content (AvgIpc) is 2.97. The van der Waals surface area contributed by atoms with E-state index in [9.17, 15) is 4.79 Å². The summed E-state index contributed by atoms with van der Waals surface area (Å²) in [7, 11) is 1.90. The summed E-state index contributed by atoms with van der Waals surface area (Å²) in [5, 5.41) is 6.26. The molecule has 0 aliphatic carbocycles. The standard InChI is InChI=1S/C15H17N3O/c1-10-3-6-14(18(10)2)15(19)17-12-4-5-13-11(9-12)7-8-16-13/h3-6,9,16H,7-8H2,1-2H3,(H,17,19). The van der Waals surface area contributed by atoms with Crippen LogP contribution in [0, 0.1) is 6.92 Å². The Morgan fingerprint density at radius 1 is 1.32 bits per heavy atom. The first-order valence-electron chi connectivity index (χ1n) is 6.45. The second-order valence-electron chi connectivity index (χ2n) is 4.92. The van der Waals surface area contributed by atoms with Crippen molar-refractivity contribution in [2.24, 2.45) is 7.05 Å². The molecule has 0 bridgehead atoms. The molecule has 0 fully saturated rings. The number of hydrogen-bond acceptors (Lipinski definition) is 2. The van der Waals surface area contributed by atoms with Gasteiger partial charge in [0.05, 0.1) is 0 Å². The molecule has 4 nitrogen and oxygen atoms in total. The number of carbonyl (C=O) groups excluding carboxylic acids is 1. The van der Waals surface area contributed by atoms with Crippen molar-refractivity contribution in [2.75, 3.05) is 17.2 Å². The zero-order chi connectivity index (χ0) is 13.4. The Hall–Kier alpha value is -2.23. The first-order chi connectivity index (χ1) is 9.15. The van der Waals surface area contributed by atoms with Crippen LogP contribution in [0.1, 0.15) is 21.7 Å². The number of nitrogens with one attached hydrogen (secondary N) is 2. The molecule has 1 aliphatic rings. The smallest absolute Gasteiger partial charge is 0.272 e. The molecule has 0 atom stereocenters. The van der Waals surface area contributed by atoms with Crippen LogP contribution >= 0.6 is 0 Å². The van der Waals surface area contributed by atoms with Crippen molar-refractivity contribution in [2.45, 2.75) is 13.3 Å². The second-order valence-corrected chi connectivity index (χ2v) is 4.92. The lowest BCUT2D eigenvalue weighted by Gasteiger charge is -2.08. The molecule has 98 valence electrons. The van der Waals surface area contributed by atoms with E-state index < -0.39 is 0 Å². The SMILES string of the molecule is Cc1ccc(C(=O)Nc2ccc3c(c2)CCN3)n1C. The molecule has 0 saturated carbocycles. The van der Waals surface area contributed by atoms with Crippen LogP contribution in [-0.4, -0.2) is 17.0 Å². The fourth-order valence-electron chi connectivity index (χ4n) is 2.42. The zero-order valence-electron chi connectivity index (χ0n) is 11.2. The largest absolute Gasteiger partial charge is 0.384 e. The van der Waals surface area contributed by atoms with Gasteiger partial charge in [-0.25, -0.2) is 0 Å². The van der Waals surface area contributed by atoms with E-state index in [4.69, 9.17) is 0 Å². The highest BCUT2D eigenvalue weighted by Gasteiger charge is 2.13. The van der Waals surface area contributed by atoms with Crippen LogP contribution in [0.2, 0.25) is 0 Å². The number of rotatable bonds is 2. The van der Waals surface area contributed by atoms with Crippen LogP contribution < -0.4 is 10.6 Å². The lowest BCUT2D eigenvalue weighted by molar-refractivity contribution is 0.101. The molecule has 1 aromatic heterocycles. The number of amides is 1. The van der Waals surface area contributed by atoms with Crippen molar-refractivity contribution in [3.8, 4) is 0 Å². The molecule has 0 radical (unpaired) electrons. The fraction of sp³-hybridized carbons (Fsp3) is 0.267. The normalized spacial score (nSPS) is 12.9. The van der Waals surface area contributed by atoms with Crippen molar-refractivity contribution >= 4 is 17.3 Å². The summed E-state index contributed by atoms with van der Waals surface area (Å²) in [4.78, 5) is 12.2. The molecule has 2 N–H and O–H groups in total. The Labute approximate surface area is 112 Å². The highest BCUT2D eigenvalue weighted by Crippen LogP contribution is 2.25. The van der Waals surface area contributed by atoms with Crippen LogP contribution in [0.5, 0.6) is 0 Å². The van der Waals surface area contributed by atoms with Crippen LogP contribution in [-0.2, 0) is 13.5 Å². The van der Waals surface area contributed by atoms with E-state index in [1.54, 1.807) is 0 Å². The lowest BCUT2D eigenvalue weighted by atomic mass is 10.1. The Kier molecular flexibility index (Phi) is 2.78. The molecular weight excluding hydrogens is 238 g/mol. The topological polar surface area (TPSA) is 46.1 Å². The molecule has 4 heteroatoms. The first kappa shape index (κ1) is 11.8. The number of aromatic nitrogens is 1. The van der Waals surface area contributed by atoms with E-state index in [1.807, 2.05) is 48.9 Å². The summed E-state index contributed by atoms with van der Waals surface area (Å²) >= 11 is 0. The van der Waals surface area contributed by atoms with Gasteiger partial charge in [0.2, 0.25) is 0 Å². The Bertz CT molecular complexity index is 643. The molecule has 2 heterocycles. The van der Waals surface area contributed by atoms with E-state index in [2.05, 4.69) is 10.6 Å². The number of aryl methyl sites for hydroxylation is 1. The minimum atomic E-state index is -0.0680. The maximum atomic E-state index is 12.2. The summed E-state index contributed by atoms with van der Waals surface area (Å²) in [5.74, 6) is -0.0680. The summed E-state index contributed by atoms with van der Waals surface area (Å²) in [5.41, 5.74) is 5.04. The van der Waals surface area contributed by atoms with Gasteiger partial charge in [-0.1, -0.05) is 0 Å². The van der Waals surface area contributed by atoms with Crippen molar-refractivity contribution in [1.29, 1.82) is 0 Å². The van der Waals surface area contributed by atoms with Gasteiger partial charge in [0, 0.05) is 30.7 Å². The predicted octanol–water partition coefficient (Wildman–Crippen LogP) is 2.55. The molecular formula is C15H17N3O. The molecule has 3 rings (SSSR count). The quantitative estimate of drug-likeness (QED) is 0.866. The van der Waals surface area contributed by atoms with Gasteiger partial charge >= 0.3 is 0 Å². The average molecular weight is 255 g/mol. The van der Waals surface area contributed by atoms with Crippen LogP contribution in [0.25, 0.3) is 0 Å². The van der Waals surface area contributed by atoms with Crippen LogP contribution in [0.3, 0.4) is 0 Å². The van der Waals surface area contributed by atoms with Gasteiger partial charge < -0.3 is 15.2 Å². The van der Waals surface area contributed by atoms with Gasteiger partial charge in [-0.3, -0.25) is 4.79 Å². The first-order valence-corrected chi connectivity index (χ1v) is 6.45. The molecule has 0 unspecified atom stereocenters. The molecule has 1 aromatic carbocycles. The Balaban J connectivity index is 1.82. The summed E-state index contributed by atoms with van der Waals surface area (Å²) in [6.45, 7) is 2.96. The van der Waals surface area contributed by atoms with Gasteiger partial charge in [-0.15, -0.1) is 0 Å². The Morgan fingerprint density at radius 2 is 2.16 bits per heavy atom. The highest BCUT2D eigenvalue weighted by atomic mass is 16.1. The van der Waals surface area contributed by atoms with Gasteiger partial charge in [-0.2, -0.15) is 0 Å². The highest BCUT2D eigenvalue weighted by molar-refractivity contribution is 6.03.